The molecule has 212 valence electrons. The number of hydrogen-bond donors (Lipinski definition) is 3. The molecule has 10 nitrogen and oxygen atoms in total. The predicted molar refractivity (Wildman–Crippen MR) is 160 cm³/mol. The average Bonchev–Trinajstić information content (AvgIpc) is 3.57. The van der Waals surface area contributed by atoms with E-state index in [1.54, 1.807) is 18.5 Å². The summed E-state index contributed by atoms with van der Waals surface area (Å²) in [6.07, 6.45) is 3.32. The summed E-state index contributed by atoms with van der Waals surface area (Å²) in [7, 11) is 0. The van der Waals surface area contributed by atoms with E-state index in [-0.39, 0.29) is 18.4 Å². The van der Waals surface area contributed by atoms with Crippen LogP contribution in [0.25, 0.3) is 23.0 Å². The molecule has 4 heterocycles. The minimum absolute atomic E-state index is 0.0404. The Balaban J connectivity index is 1.36. The lowest BCUT2D eigenvalue weighted by atomic mass is 9.93. The third kappa shape index (κ3) is 4.97. The van der Waals surface area contributed by atoms with Crippen LogP contribution in [0.5, 0.6) is 0 Å². The van der Waals surface area contributed by atoms with Crippen LogP contribution >= 0.6 is 0 Å². The van der Waals surface area contributed by atoms with Crippen molar-refractivity contribution < 1.29 is 14.4 Å². The van der Waals surface area contributed by atoms with Gasteiger partial charge in [0.1, 0.15) is 11.5 Å². The second kappa shape index (κ2) is 11.1. The number of aromatic nitrogens is 4. The summed E-state index contributed by atoms with van der Waals surface area (Å²) in [4.78, 5) is 28.3. The molecule has 1 aliphatic heterocycles. The number of benzene rings is 2. The number of rotatable bonds is 9. The Hall–Kier alpha value is -5.09. The molecule has 0 saturated carbocycles. The normalized spacial score (nSPS) is 14.5. The van der Waals surface area contributed by atoms with E-state index in [0.717, 1.165) is 16.8 Å². The van der Waals surface area contributed by atoms with Gasteiger partial charge in [0.2, 0.25) is 5.82 Å². The van der Waals surface area contributed by atoms with Crippen LogP contribution in [0.1, 0.15) is 48.3 Å². The van der Waals surface area contributed by atoms with Gasteiger partial charge in [-0.2, -0.15) is 4.98 Å². The lowest BCUT2D eigenvalue weighted by Gasteiger charge is -2.31. The fourth-order valence-corrected chi connectivity index (χ4v) is 5.40. The Kier molecular flexibility index (Phi) is 7.13. The molecule has 1 amide bonds. The van der Waals surface area contributed by atoms with E-state index in [1.807, 2.05) is 78.6 Å². The SMILES string of the molecule is CCN1C(=O)c2ccc(Nc3cc(N[C@H](CO)c4ccccc4)c(-c4nc(-c5ccccn5)no4)cn3)cc2C1(C)C. The highest BCUT2D eigenvalue weighted by Crippen LogP contribution is 2.40. The maximum absolute atomic E-state index is 12.9. The third-order valence-corrected chi connectivity index (χ3v) is 7.59. The molecule has 0 bridgehead atoms. The van der Waals surface area contributed by atoms with Gasteiger partial charge >= 0.3 is 0 Å². The molecule has 3 aromatic heterocycles. The van der Waals surface area contributed by atoms with Gasteiger partial charge in [-0.05, 0) is 62.2 Å². The standard InChI is InChI=1S/C32H31N7O3/c1-4-39-31(41)22-14-13-21(16-24(22)32(39,2)3)35-28-17-26(36-27(19-40)20-10-6-5-7-11-20)23(18-34-28)30-37-29(38-42-30)25-12-8-9-15-33-25/h5-18,27,40H,4,19H2,1-3H3,(H2,34,35,36)/t27-/m1/s1. The summed E-state index contributed by atoms with van der Waals surface area (Å²) >= 11 is 0. The van der Waals surface area contributed by atoms with Gasteiger partial charge in [0, 0.05) is 36.3 Å². The van der Waals surface area contributed by atoms with Crippen LogP contribution in [0.2, 0.25) is 0 Å². The van der Waals surface area contributed by atoms with E-state index < -0.39 is 11.6 Å². The quantitative estimate of drug-likeness (QED) is 0.205. The largest absolute Gasteiger partial charge is 0.394 e. The summed E-state index contributed by atoms with van der Waals surface area (Å²) in [5.41, 5.74) is 4.78. The second-order valence-electron chi connectivity index (χ2n) is 10.5. The molecule has 0 fully saturated rings. The molecule has 42 heavy (non-hydrogen) atoms. The van der Waals surface area contributed by atoms with Crippen LogP contribution in [-0.4, -0.2) is 49.2 Å². The Bertz CT molecular complexity index is 1720. The molecular weight excluding hydrogens is 530 g/mol. The van der Waals surface area contributed by atoms with E-state index in [2.05, 4.69) is 44.6 Å². The van der Waals surface area contributed by atoms with Crippen molar-refractivity contribution in [3.63, 3.8) is 0 Å². The molecule has 0 spiro atoms. The number of hydrogen-bond acceptors (Lipinski definition) is 9. The lowest BCUT2D eigenvalue weighted by Crippen LogP contribution is -2.38. The fraction of sp³-hybridized carbons (Fsp3) is 0.219. The minimum Gasteiger partial charge on any atom is -0.394 e. The zero-order chi connectivity index (χ0) is 29.3. The van der Waals surface area contributed by atoms with E-state index >= 15 is 0 Å². The molecule has 1 aliphatic rings. The van der Waals surface area contributed by atoms with Crippen LogP contribution in [0.15, 0.2) is 89.7 Å². The van der Waals surface area contributed by atoms with Crippen LogP contribution < -0.4 is 10.6 Å². The summed E-state index contributed by atoms with van der Waals surface area (Å²) in [6.45, 7) is 6.59. The van der Waals surface area contributed by atoms with Crippen molar-refractivity contribution in [2.24, 2.45) is 0 Å². The first kappa shape index (κ1) is 27.1. The molecule has 3 N–H and O–H groups in total. The van der Waals surface area contributed by atoms with Gasteiger partial charge in [0.15, 0.2) is 0 Å². The molecule has 2 aromatic carbocycles. The zero-order valence-corrected chi connectivity index (χ0v) is 23.6. The smallest absolute Gasteiger partial charge is 0.261 e. The fourth-order valence-electron chi connectivity index (χ4n) is 5.40. The van der Waals surface area contributed by atoms with Crippen LogP contribution in [-0.2, 0) is 5.54 Å². The van der Waals surface area contributed by atoms with Crippen molar-refractivity contribution >= 4 is 23.1 Å². The number of nitrogens with one attached hydrogen (secondary N) is 2. The topological polar surface area (TPSA) is 129 Å². The number of aliphatic hydroxyl groups is 1. The minimum atomic E-state index is -0.420. The van der Waals surface area contributed by atoms with E-state index in [1.165, 1.54) is 0 Å². The number of carbonyl (C=O) groups is 1. The first-order valence-corrected chi connectivity index (χ1v) is 13.8. The lowest BCUT2D eigenvalue weighted by molar-refractivity contribution is 0.0635. The molecule has 0 saturated heterocycles. The highest BCUT2D eigenvalue weighted by molar-refractivity contribution is 6.00. The van der Waals surface area contributed by atoms with Gasteiger partial charge in [-0.1, -0.05) is 41.6 Å². The molecule has 1 atom stereocenters. The number of amides is 1. The average molecular weight is 562 g/mol. The van der Waals surface area contributed by atoms with Crippen molar-refractivity contribution in [2.45, 2.75) is 32.4 Å². The summed E-state index contributed by atoms with van der Waals surface area (Å²) in [6, 6.07) is 22.4. The van der Waals surface area contributed by atoms with Crippen LogP contribution in [0, 0.1) is 0 Å². The number of fused-ring (bicyclic) bond motifs is 1. The maximum Gasteiger partial charge on any atom is 0.261 e. The Morgan fingerprint density at radius 2 is 1.81 bits per heavy atom. The van der Waals surface area contributed by atoms with Gasteiger partial charge in [-0.3, -0.25) is 9.78 Å². The van der Waals surface area contributed by atoms with Crippen molar-refractivity contribution in [1.29, 1.82) is 0 Å². The van der Waals surface area contributed by atoms with Crippen molar-refractivity contribution in [3.8, 4) is 23.0 Å². The molecule has 10 heteroatoms. The van der Waals surface area contributed by atoms with Gasteiger partial charge in [-0.15, -0.1) is 0 Å². The van der Waals surface area contributed by atoms with E-state index in [0.29, 0.717) is 40.7 Å². The first-order valence-electron chi connectivity index (χ1n) is 13.8. The third-order valence-electron chi connectivity index (χ3n) is 7.59. The van der Waals surface area contributed by atoms with E-state index in [9.17, 15) is 9.90 Å². The van der Waals surface area contributed by atoms with Gasteiger partial charge in [-0.25, -0.2) is 4.98 Å². The molecule has 0 radical (unpaired) electrons. The molecule has 6 rings (SSSR count). The highest BCUT2D eigenvalue weighted by atomic mass is 16.5. The van der Waals surface area contributed by atoms with Crippen LogP contribution in [0.3, 0.4) is 0 Å². The number of anilines is 3. The Morgan fingerprint density at radius 3 is 2.55 bits per heavy atom. The van der Waals surface area contributed by atoms with Gasteiger partial charge in [0.05, 0.1) is 29.4 Å². The number of pyridine rings is 2. The van der Waals surface area contributed by atoms with Crippen molar-refractivity contribution in [2.75, 3.05) is 23.8 Å². The summed E-state index contributed by atoms with van der Waals surface area (Å²) < 4.78 is 5.63. The summed E-state index contributed by atoms with van der Waals surface area (Å²) in [5, 5.41) is 21.2. The molecule has 0 aliphatic carbocycles. The Labute approximate surface area is 243 Å². The molecule has 0 unspecified atom stereocenters. The monoisotopic (exact) mass is 561 g/mol. The van der Waals surface area contributed by atoms with Gasteiger partial charge < -0.3 is 25.2 Å². The second-order valence-corrected chi connectivity index (χ2v) is 10.5. The van der Waals surface area contributed by atoms with E-state index in [4.69, 9.17) is 4.52 Å². The van der Waals surface area contributed by atoms with Crippen LogP contribution in [0.4, 0.5) is 17.2 Å². The van der Waals surface area contributed by atoms with Crippen molar-refractivity contribution in [3.05, 3.63) is 102 Å². The Morgan fingerprint density at radius 1 is 1.00 bits per heavy atom. The molecular formula is C32H31N7O3. The zero-order valence-electron chi connectivity index (χ0n) is 23.6. The first-order chi connectivity index (χ1) is 20.4. The highest BCUT2D eigenvalue weighted by Gasteiger charge is 2.42. The number of aliphatic hydroxyl groups excluding tert-OH is 1. The molecule has 5 aromatic rings. The van der Waals surface area contributed by atoms with Crippen molar-refractivity contribution in [1.82, 2.24) is 25.0 Å². The maximum atomic E-state index is 12.9. The predicted octanol–water partition coefficient (Wildman–Crippen LogP) is 5.79. The van der Waals surface area contributed by atoms with Gasteiger partial charge in [0.25, 0.3) is 11.8 Å². The number of carbonyl (C=O) groups excluding carboxylic acids is 1. The summed E-state index contributed by atoms with van der Waals surface area (Å²) in [5.74, 6) is 1.22. The number of nitrogens with zero attached hydrogens (tertiary/aromatic N) is 5.